The van der Waals surface area contributed by atoms with E-state index in [-0.39, 0.29) is 12.0 Å². The Morgan fingerprint density at radius 3 is 2.37 bits per heavy atom. The molecule has 0 saturated carbocycles. The molecule has 7 heteroatoms. The summed E-state index contributed by atoms with van der Waals surface area (Å²) in [5, 5.41) is 7.67. The van der Waals surface area contributed by atoms with Gasteiger partial charge in [-0.3, -0.25) is 9.48 Å². The molecule has 0 saturated heterocycles. The van der Waals surface area contributed by atoms with E-state index >= 15 is 0 Å². The van der Waals surface area contributed by atoms with Gasteiger partial charge in [0.1, 0.15) is 11.3 Å². The number of carbonyl (C=O) groups excluding carboxylic acids is 2. The van der Waals surface area contributed by atoms with Crippen molar-refractivity contribution in [3.8, 4) is 0 Å². The maximum atomic E-state index is 13.3. The van der Waals surface area contributed by atoms with Gasteiger partial charge in [0.25, 0.3) is 5.91 Å². The van der Waals surface area contributed by atoms with Crippen molar-refractivity contribution in [1.82, 2.24) is 14.7 Å². The Balaban J connectivity index is 1.88. The third kappa shape index (κ3) is 4.50. The fraction of sp³-hybridized carbons (Fsp3) is 0.522. The predicted octanol–water partition coefficient (Wildman–Crippen LogP) is 4.09. The molecule has 1 aromatic carbocycles. The lowest BCUT2D eigenvalue weighted by Crippen LogP contribution is -2.40. The molecule has 30 heavy (non-hydrogen) atoms. The quantitative estimate of drug-likeness (QED) is 0.821. The van der Waals surface area contributed by atoms with Crippen LogP contribution in [0, 0.1) is 0 Å². The second-order valence-electron chi connectivity index (χ2n) is 8.66. The molecular formula is C23H32N4O3. The van der Waals surface area contributed by atoms with Crippen molar-refractivity contribution in [3.63, 3.8) is 0 Å². The molecule has 0 bridgehead atoms. The van der Waals surface area contributed by atoms with Crippen molar-refractivity contribution < 1.29 is 14.3 Å². The van der Waals surface area contributed by atoms with Crippen molar-refractivity contribution in [2.75, 3.05) is 11.9 Å². The van der Waals surface area contributed by atoms with Gasteiger partial charge in [-0.2, -0.15) is 5.10 Å². The number of para-hydroxylation sites is 1. The Morgan fingerprint density at radius 2 is 1.80 bits per heavy atom. The van der Waals surface area contributed by atoms with Crippen LogP contribution in [0.4, 0.5) is 10.5 Å². The molecular weight excluding hydrogens is 380 g/mol. The molecule has 2 heterocycles. The van der Waals surface area contributed by atoms with Crippen molar-refractivity contribution in [2.24, 2.45) is 7.05 Å². The lowest BCUT2D eigenvalue weighted by molar-refractivity contribution is 0.0222. The maximum Gasteiger partial charge on any atom is 0.410 e. The summed E-state index contributed by atoms with van der Waals surface area (Å²) < 4.78 is 7.14. The highest BCUT2D eigenvalue weighted by Gasteiger charge is 2.31. The number of nitrogens with one attached hydrogen (secondary N) is 1. The number of aromatic nitrogens is 2. The van der Waals surface area contributed by atoms with E-state index in [2.05, 4.69) is 24.3 Å². The Hall–Kier alpha value is -2.83. The van der Waals surface area contributed by atoms with Crippen LogP contribution >= 0.6 is 0 Å². The van der Waals surface area contributed by atoms with E-state index in [1.165, 1.54) is 0 Å². The minimum absolute atomic E-state index is 0.201. The lowest BCUT2D eigenvalue weighted by Gasteiger charge is -2.29. The largest absolute Gasteiger partial charge is 0.444 e. The second-order valence-corrected chi connectivity index (χ2v) is 8.66. The van der Waals surface area contributed by atoms with Crippen LogP contribution in [0.5, 0.6) is 0 Å². The summed E-state index contributed by atoms with van der Waals surface area (Å²) in [6, 6.07) is 6.10. The number of carbonyl (C=O) groups is 2. The lowest BCUT2D eigenvalue weighted by atomic mass is 10.0. The topological polar surface area (TPSA) is 76.5 Å². The average molecular weight is 413 g/mol. The van der Waals surface area contributed by atoms with Gasteiger partial charge < -0.3 is 15.0 Å². The molecule has 3 rings (SSSR count). The van der Waals surface area contributed by atoms with Crippen molar-refractivity contribution in [2.45, 2.75) is 66.0 Å². The number of aryl methyl sites for hydroxylation is 3. The van der Waals surface area contributed by atoms with E-state index in [1.54, 1.807) is 16.6 Å². The maximum absolute atomic E-state index is 13.3. The Morgan fingerprint density at radius 1 is 1.17 bits per heavy atom. The molecule has 0 atom stereocenters. The van der Waals surface area contributed by atoms with Crippen LogP contribution in [0.2, 0.25) is 0 Å². The zero-order valence-corrected chi connectivity index (χ0v) is 18.8. The standard InChI is InChI=1S/C23H32N4O3/c1-7-15-10-9-11-16(8-2)19(15)24-21(28)20-17-14-27(22(29)30-23(3,4)5)13-12-18(17)25-26(20)6/h9-11H,7-8,12-14H2,1-6H3,(H,24,28). The van der Waals surface area contributed by atoms with E-state index in [0.717, 1.165) is 40.9 Å². The highest BCUT2D eigenvalue weighted by Crippen LogP contribution is 2.27. The molecule has 2 amide bonds. The van der Waals surface area contributed by atoms with E-state index in [1.807, 2.05) is 39.0 Å². The fourth-order valence-electron chi connectivity index (χ4n) is 3.84. The Bertz CT molecular complexity index is 934. The van der Waals surface area contributed by atoms with Crippen LogP contribution in [-0.4, -0.2) is 38.8 Å². The van der Waals surface area contributed by atoms with Crippen LogP contribution < -0.4 is 5.32 Å². The van der Waals surface area contributed by atoms with Gasteiger partial charge in [-0.15, -0.1) is 0 Å². The van der Waals surface area contributed by atoms with E-state index < -0.39 is 5.60 Å². The van der Waals surface area contributed by atoms with Crippen LogP contribution in [-0.2, 0) is 37.6 Å². The molecule has 162 valence electrons. The third-order valence-corrected chi connectivity index (χ3v) is 5.30. The van der Waals surface area contributed by atoms with Crippen LogP contribution in [0.25, 0.3) is 0 Å². The molecule has 1 aliphatic rings. The average Bonchev–Trinajstić information content (AvgIpc) is 3.01. The van der Waals surface area contributed by atoms with Crippen LogP contribution in [0.15, 0.2) is 18.2 Å². The van der Waals surface area contributed by atoms with Gasteiger partial charge in [0, 0.05) is 31.3 Å². The zero-order valence-electron chi connectivity index (χ0n) is 18.8. The molecule has 2 aromatic rings. The summed E-state index contributed by atoms with van der Waals surface area (Å²) in [6.45, 7) is 10.5. The molecule has 0 aliphatic carbocycles. The fourth-order valence-corrected chi connectivity index (χ4v) is 3.84. The molecule has 1 aromatic heterocycles. The molecule has 0 unspecified atom stereocenters. The van der Waals surface area contributed by atoms with E-state index in [9.17, 15) is 9.59 Å². The zero-order chi connectivity index (χ0) is 22.1. The van der Waals surface area contributed by atoms with Crippen molar-refractivity contribution in [3.05, 3.63) is 46.3 Å². The number of nitrogens with zero attached hydrogens (tertiary/aromatic N) is 3. The summed E-state index contributed by atoms with van der Waals surface area (Å²) >= 11 is 0. The minimum Gasteiger partial charge on any atom is -0.444 e. The molecule has 1 N–H and O–H groups in total. The number of rotatable bonds is 4. The van der Waals surface area contributed by atoms with Gasteiger partial charge >= 0.3 is 6.09 Å². The van der Waals surface area contributed by atoms with Gasteiger partial charge in [-0.05, 0) is 44.7 Å². The smallest absolute Gasteiger partial charge is 0.410 e. The Kier molecular flexibility index (Phi) is 6.19. The molecule has 0 spiro atoms. The van der Waals surface area contributed by atoms with Gasteiger partial charge in [0.05, 0.1) is 12.2 Å². The minimum atomic E-state index is -0.563. The van der Waals surface area contributed by atoms with Gasteiger partial charge in [-0.1, -0.05) is 32.0 Å². The number of fused-ring (bicyclic) bond motifs is 1. The van der Waals surface area contributed by atoms with Crippen LogP contribution in [0.3, 0.4) is 0 Å². The SMILES string of the molecule is CCc1cccc(CC)c1NC(=O)c1c2c(nn1C)CCN(C(=O)OC(C)(C)C)C2. The Labute approximate surface area is 178 Å². The van der Waals surface area contributed by atoms with Crippen molar-refractivity contribution >= 4 is 17.7 Å². The summed E-state index contributed by atoms with van der Waals surface area (Å²) in [5.41, 5.74) is 4.67. The first-order valence-electron chi connectivity index (χ1n) is 10.6. The highest BCUT2D eigenvalue weighted by atomic mass is 16.6. The number of anilines is 1. The first-order valence-corrected chi connectivity index (χ1v) is 10.6. The third-order valence-electron chi connectivity index (χ3n) is 5.30. The van der Waals surface area contributed by atoms with Crippen LogP contribution in [0.1, 0.15) is 67.5 Å². The molecule has 0 radical (unpaired) electrons. The number of hydrogen-bond acceptors (Lipinski definition) is 4. The number of ether oxygens (including phenoxy) is 1. The molecule has 1 aliphatic heterocycles. The van der Waals surface area contributed by atoms with E-state index in [0.29, 0.717) is 25.2 Å². The van der Waals surface area contributed by atoms with Gasteiger partial charge in [-0.25, -0.2) is 4.79 Å². The molecule has 7 nitrogen and oxygen atoms in total. The first-order chi connectivity index (χ1) is 14.1. The van der Waals surface area contributed by atoms with Gasteiger partial charge in [0.2, 0.25) is 0 Å². The second kappa shape index (κ2) is 8.50. The normalized spacial score (nSPS) is 13.7. The number of hydrogen-bond donors (Lipinski definition) is 1. The number of amides is 2. The van der Waals surface area contributed by atoms with Crippen molar-refractivity contribution in [1.29, 1.82) is 0 Å². The van der Waals surface area contributed by atoms with Gasteiger partial charge in [0.15, 0.2) is 0 Å². The summed E-state index contributed by atoms with van der Waals surface area (Å²) in [7, 11) is 1.78. The summed E-state index contributed by atoms with van der Waals surface area (Å²) in [6.07, 6.45) is 1.90. The first kappa shape index (κ1) is 21.9. The number of benzene rings is 1. The molecule has 0 fully saturated rings. The van der Waals surface area contributed by atoms with E-state index in [4.69, 9.17) is 4.74 Å². The summed E-state index contributed by atoms with van der Waals surface area (Å²) in [4.78, 5) is 27.5. The predicted molar refractivity (Wildman–Crippen MR) is 117 cm³/mol. The summed E-state index contributed by atoms with van der Waals surface area (Å²) in [5.74, 6) is -0.201. The highest BCUT2D eigenvalue weighted by molar-refractivity contribution is 6.05. The monoisotopic (exact) mass is 412 g/mol.